The van der Waals surface area contributed by atoms with E-state index in [9.17, 15) is 4.79 Å². The van der Waals surface area contributed by atoms with Crippen LogP contribution in [0.5, 0.6) is 11.6 Å². The predicted octanol–water partition coefficient (Wildman–Crippen LogP) is 4.87. The Balaban J connectivity index is 1.60. The lowest BCUT2D eigenvalue weighted by Gasteiger charge is -2.40. The third kappa shape index (κ3) is 4.76. The predicted molar refractivity (Wildman–Crippen MR) is 106 cm³/mol. The fourth-order valence-corrected chi connectivity index (χ4v) is 3.94. The number of anilines is 1. The van der Waals surface area contributed by atoms with Crippen LogP contribution in [-0.4, -0.2) is 34.2 Å². The van der Waals surface area contributed by atoms with E-state index in [-0.39, 0.29) is 12.1 Å². The maximum Gasteiger partial charge on any atom is 0.321 e. The number of amides is 2. The van der Waals surface area contributed by atoms with Gasteiger partial charge in [0.2, 0.25) is 5.88 Å². The minimum atomic E-state index is -0.0707. The van der Waals surface area contributed by atoms with Gasteiger partial charge in [-0.2, -0.15) is 5.10 Å². The van der Waals surface area contributed by atoms with Crippen LogP contribution in [0, 0.1) is 18.8 Å². The molecule has 1 heterocycles. The molecule has 1 N–H and O–H groups in total. The van der Waals surface area contributed by atoms with Gasteiger partial charge >= 0.3 is 6.03 Å². The van der Waals surface area contributed by atoms with Crippen molar-refractivity contribution in [2.24, 2.45) is 11.8 Å². The average molecular weight is 368 g/mol. The van der Waals surface area contributed by atoms with Crippen molar-refractivity contribution in [2.75, 3.05) is 12.4 Å². The van der Waals surface area contributed by atoms with Gasteiger partial charge in [-0.1, -0.05) is 20.3 Å². The van der Waals surface area contributed by atoms with Crippen molar-refractivity contribution in [3.8, 4) is 11.6 Å². The van der Waals surface area contributed by atoms with Gasteiger partial charge < -0.3 is 15.0 Å². The molecule has 1 aromatic heterocycles. The lowest BCUT2D eigenvalue weighted by molar-refractivity contribution is 0.115. The van der Waals surface area contributed by atoms with Crippen LogP contribution in [-0.2, 0) is 0 Å². The van der Waals surface area contributed by atoms with Crippen molar-refractivity contribution in [2.45, 2.75) is 46.1 Å². The Morgan fingerprint density at radius 1 is 1.07 bits per heavy atom. The zero-order chi connectivity index (χ0) is 19.4. The van der Waals surface area contributed by atoms with Crippen LogP contribution in [0.3, 0.4) is 0 Å². The third-order valence-corrected chi connectivity index (χ3v) is 5.35. The number of urea groups is 1. The molecule has 3 rings (SSSR count). The summed E-state index contributed by atoms with van der Waals surface area (Å²) in [5, 5.41) is 10.9. The molecule has 27 heavy (non-hydrogen) atoms. The van der Waals surface area contributed by atoms with Crippen LogP contribution in [0.4, 0.5) is 10.5 Å². The number of nitrogens with zero attached hydrogens (tertiary/aromatic N) is 3. The first-order valence-corrected chi connectivity index (χ1v) is 9.56. The van der Waals surface area contributed by atoms with Crippen LogP contribution in [0.25, 0.3) is 0 Å². The third-order valence-electron chi connectivity index (χ3n) is 5.35. The van der Waals surface area contributed by atoms with Gasteiger partial charge in [0.1, 0.15) is 5.75 Å². The largest absolute Gasteiger partial charge is 0.438 e. The smallest absolute Gasteiger partial charge is 0.321 e. The first kappa shape index (κ1) is 19.1. The number of aryl methyl sites for hydroxylation is 1. The second-order valence-corrected chi connectivity index (χ2v) is 7.56. The molecule has 2 amide bonds. The SMILES string of the molecule is Cc1ccc(Oc2ccc(NC(=O)N(C)C3[C@H](C)CCC[C@@H]3C)cc2)nn1. The Labute approximate surface area is 160 Å². The van der Waals surface area contributed by atoms with Crippen molar-refractivity contribution < 1.29 is 9.53 Å². The summed E-state index contributed by atoms with van der Waals surface area (Å²) in [6.07, 6.45) is 3.61. The number of nitrogens with one attached hydrogen (secondary N) is 1. The van der Waals surface area contributed by atoms with E-state index < -0.39 is 0 Å². The molecule has 1 fully saturated rings. The molecule has 1 aromatic carbocycles. The lowest BCUT2D eigenvalue weighted by Crippen LogP contribution is -2.48. The van der Waals surface area contributed by atoms with Crippen LogP contribution < -0.4 is 10.1 Å². The van der Waals surface area contributed by atoms with Crippen LogP contribution in [0.15, 0.2) is 36.4 Å². The molecule has 0 radical (unpaired) electrons. The van der Waals surface area contributed by atoms with Gasteiger partial charge in [-0.25, -0.2) is 4.79 Å². The maximum absolute atomic E-state index is 12.7. The number of rotatable bonds is 4. The Kier molecular flexibility index (Phi) is 5.94. The van der Waals surface area contributed by atoms with Gasteiger partial charge in [-0.3, -0.25) is 0 Å². The number of ether oxygens (including phenoxy) is 1. The number of benzene rings is 1. The number of carbonyl (C=O) groups is 1. The van der Waals surface area contributed by atoms with E-state index in [4.69, 9.17) is 4.74 Å². The number of carbonyl (C=O) groups excluding carboxylic acids is 1. The molecular formula is C21H28N4O2. The zero-order valence-corrected chi connectivity index (χ0v) is 16.5. The molecule has 1 unspecified atom stereocenters. The van der Waals surface area contributed by atoms with E-state index in [0.29, 0.717) is 23.5 Å². The molecule has 0 saturated heterocycles. The Morgan fingerprint density at radius 2 is 1.74 bits per heavy atom. The molecule has 6 nitrogen and oxygen atoms in total. The lowest BCUT2D eigenvalue weighted by atomic mass is 9.78. The number of hydrogen-bond donors (Lipinski definition) is 1. The zero-order valence-electron chi connectivity index (χ0n) is 16.5. The highest BCUT2D eigenvalue weighted by Gasteiger charge is 2.33. The molecule has 3 atom stereocenters. The van der Waals surface area contributed by atoms with Gasteiger partial charge in [-0.05, 0) is 61.9 Å². The normalized spacial score (nSPS) is 22.1. The summed E-state index contributed by atoms with van der Waals surface area (Å²) in [6.45, 7) is 6.36. The molecule has 1 saturated carbocycles. The summed E-state index contributed by atoms with van der Waals surface area (Å²) in [5.74, 6) is 2.14. The summed E-state index contributed by atoms with van der Waals surface area (Å²) in [6, 6.07) is 11.1. The van der Waals surface area contributed by atoms with Crippen molar-refractivity contribution in [1.82, 2.24) is 15.1 Å². The highest BCUT2D eigenvalue weighted by atomic mass is 16.5. The molecular weight excluding hydrogens is 340 g/mol. The van der Waals surface area contributed by atoms with Crippen LogP contribution >= 0.6 is 0 Å². The van der Waals surface area contributed by atoms with E-state index >= 15 is 0 Å². The summed E-state index contributed by atoms with van der Waals surface area (Å²) in [7, 11) is 1.89. The molecule has 0 aliphatic heterocycles. The first-order chi connectivity index (χ1) is 12.9. The highest BCUT2D eigenvalue weighted by Crippen LogP contribution is 2.32. The minimum absolute atomic E-state index is 0.0707. The molecule has 1 aliphatic rings. The second kappa shape index (κ2) is 8.37. The van der Waals surface area contributed by atoms with Crippen molar-refractivity contribution in [1.29, 1.82) is 0 Å². The minimum Gasteiger partial charge on any atom is -0.438 e. The molecule has 0 bridgehead atoms. The molecule has 144 valence electrons. The van der Waals surface area contributed by atoms with Gasteiger partial charge in [-0.15, -0.1) is 5.10 Å². The van der Waals surface area contributed by atoms with Crippen molar-refractivity contribution in [3.63, 3.8) is 0 Å². The summed E-state index contributed by atoms with van der Waals surface area (Å²) in [4.78, 5) is 14.5. The van der Waals surface area contributed by atoms with Gasteiger partial charge in [0.15, 0.2) is 0 Å². The highest BCUT2D eigenvalue weighted by molar-refractivity contribution is 5.89. The van der Waals surface area contributed by atoms with Gasteiger partial charge in [0, 0.05) is 24.8 Å². The Hall–Kier alpha value is -2.63. The van der Waals surface area contributed by atoms with E-state index in [1.165, 1.54) is 19.3 Å². The summed E-state index contributed by atoms with van der Waals surface area (Å²) < 4.78 is 5.67. The summed E-state index contributed by atoms with van der Waals surface area (Å²) in [5.41, 5.74) is 1.58. The first-order valence-electron chi connectivity index (χ1n) is 9.56. The monoisotopic (exact) mass is 368 g/mol. The molecule has 1 aliphatic carbocycles. The topological polar surface area (TPSA) is 67.3 Å². The second-order valence-electron chi connectivity index (χ2n) is 7.56. The average Bonchev–Trinajstić information content (AvgIpc) is 2.65. The number of aromatic nitrogens is 2. The van der Waals surface area contributed by atoms with Gasteiger partial charge in [0.25, 0.3) is 0 Å². The van der Waals surface area contributed by atoms with Crippen molar-refractivity contribution >= 4 is 11.7 Å². The quantitative estimate of drug-likeness (QED) is 0.836. The fourth-order valence-electron chi connectivity index (χ4n) is 3.94. The number of hydrogen-bond acceptors (Lipinski definition) is 4. The maximum atomic E-state index is 12.7. The summed E-state index contributed by atoms with van der Waals surface area (Å²) >= 11 is 0. The van der Waals surface area contributed by atoms with Crippen molar-refractivity contribution in [3.05, 3.63) is 42.1 Å². The van der Waals surface area contributed by atoms with E-state index in [2.05, 4.69) is 29.4 Å². The Morgan fingerprint density at radius 3 is 2.33 bits per heavy atom. The van der Waals surface area contributed by atoms with E-state index in [0.717, 1.165) is 11.4 Å². The standard InChI is InChI=1S/C21H28N4O2/c1-14-6-5-7-15(2)20(14)25(4)21(26)22-17-9-11-18(12-10-17)27-19-13-8-16(3)23-24-19/h8-15,20H,5-7H2,1-4H3,(H,22,26)/t14-,15+,20?. The molecule has 6 heteroatoms. The molecule has 0 spiro atoms. The van der Waals surface area contributed by atoms with Gasteiger partial charge in [0.05, 0.1) is 5.69 Å². The Bertz CT molecular complexity index is 751. The van der Waals surface area contributed by atoms with E-state index in [1.54, 1.807) is 6.07 Å². The van der Waals surface area contributed by atoms with Crippen LogP contribution in [0.2, 0.25) is 0 Å². The van der Waals surface area contributed by atoms with Crippen LogP contribution in [0.1, 0.15) is 38.8 Å². The molecule has 2 aromatic rings. The van der Waals surface area contributed by atoms with E-state index in [1.807, 2.05) is 49.2 Å². The fraction of sp³-hybridized carbons (Fsp3) is 0.476.